The highest BCUT2D eigenvalue weighted by molar-refractivity contribution is 7.89. The van der Waals surface area contributed by atoms with E-state index in [1.165, 1.54) is 24.3 Å². The van der Waals surface area contributed by atoms with Gasteiger partial charge in [0.1, 0.15) is 4.90 Å². The summed E-state index contributed by atoms with van der Waals surface area (Å²) >= 11 is 0. The van der Waals surface area contributed by atoms with Crippen molar-refractivity contribution in [1.82, 2.24) is 0 Å². The molecule has 4 N–H and O–H groups in total. The minimum absolute atomic E-state index is 0.00246. The summed E-state index contributed by atoms with van der Waals surface area (Å²) in [6.07, 6.45) is 0. The molecule has 0 radical (unpaired) electrons. The van der Waals surface area contributed by atoms with E-state index in [9.17, 15) is 18.0 Å². The molecule has 0 fully saturated rings. The molecule has 0 bridgehead atoms. The summed E-state index contributed by atoms with van der Waals surface area (Å²) in [5.41, 5.74) is 5.78. The lowest BCUT2D eigenvalue weighted by Crippen LogP contribution is -2.40. The quantitative estimate of drug-likeness (QED) is 0.784. The number of amides is 2. The van der Waals surface area contributed by atoms with Crippen molar-refractivity contribution in [3.8, 4) is 0 Å². The summed E-state index contributed by atoms with van der Waals surface area (Å²) < 4.78 is 23.5. The van der Waals surface area contributed by atoms with Crippen molar-refractivity contribution in [2.75, 3.05) is 4.90 Å². The average molecular weight is 333 g/mol. The Balaban J connectivity index is 2.55. The molecule has 120 valence electrons. The first kappa shape index (κ1) is 16.7. The second-order valence-corrected chi connectivity index (χ2v) is 6.28. The van der Waals surface area contributed by atoms with Crippen LogP contribution in [0.3, 0.4) is 0 Å². The number of para-hydroxylation sites is 1. The van der Waals surface area contributed by atoms with Gasteiger partial charge < -0.3 is 5.73 Å². The molecule has 8 heteroatoms. The third-order valence-corrected chi connectivity index (χ3v) is 4.06. The van der Waals surface area contributed by atoms with Crippen LogP contribution in [0.5, 0.6) is 0 Å². The number of benzene rings is 2. The zero-order valence-corrected chi connectivity index (χ0v) is 12.9. The van der Waals surface area contributed by atoms with Crippen LogP contribution >= 0.6 is 0 Å². The molecule has 2 aromatic rings. The third-order valence-electron chi connectivity index (χ3n) is 3.10. The van der Waals surface area contributed by atoms with Gasteiger partial charge >= 0.3 is 11.8 Å². The van der Waals surface area contributed by atoms with E-state index < -0.39 is 21.8 Å². The molecule has 2 rings (SSSR count). The van der Waals surface area contributed by atoms with E-state index in [1.54, 1.807) is 30.3 Å². The van der Waals surface area contributed by atoms with Crippen molar-refractivity contribution in [1.29, 1.82) is 0 Å². The summed E-state index contributed by atoms with van der Waals surface area (Å²) in [7, 11) is -4.08. The lowest BCUT2D eigenvalue weighted by Gasteiger charge is -2.23. The number of anilines is 1. The monoisotopic (exact) mass is 333 g/mol. The highest BCUT2D eigenvalue weighted by Gasteiger charge is 2.26. The molecule has 0 aliphatic rings. The maximum atomic E-state index is 12.1. The molecule has 0 spiro atoms. The van der Waals surface area contributed by atoms with Crippen molar-refractivity contribution in [3.63, 3.8) is 0 Å². The summed E-state index contributed by atoms with van der Waals surface area (Å²) in [4.78, 5) is 24.2. The van der Waals surface area contributed by atoms with Crippen LogP contribution in [0.1, 0.15) is 5.56 Å². The number of rotatable bonds is 4. The minimum atomic E-state index is -4.08. The van der Waals surface area contributed by atoms with E-state index in [2.05, 4.69) is 0 Å². The van der Waals surface area contributed by atoms with E-state index in [4.69, 9.17) is 10.9 Å². The van der Waals surface area contributed by atoms with Gasteiger partial charge in [-0.25, -0.2) is 13.6 Å². The largest absolute Gasteiger partial charge is 0.361 e. The average Bonchev–Trinajstić information content (AvgIpc) is 2.52. The van der Waals surface area contributed by atoms with Crippen LogP contribution in [-0.4, -0.2) is 20.2 Å². The zero-order chi connectivity index (χ0) is 17.0. The fourth-order valence-corrected chi connectivity index (χ4v) is 2.82. The summed E-state index contributed by atoms with van der Waals surface area (Å²) in [5, 5.41) is 5.18. The standard InChI is InChI=1S/C15H15N3O4S/c16-14(19)15(20)18(10-11-6-2-1-3-7-11)12-8-4-5-9-13(12)23(17,21)22/h1-9H,10H2,(H2,16,19)(H2,17,21,22). The van der Waals surface area contributed by atoms with Crippen LogP contribution in [-0.2, 0) is 26.2 Å². The van der Waals surface area contributed by atoms with Gasteiger partial charge in [0.2, 0.25) is 10.0 Å². The van der Waals surface area contributed by atoms with E-state index >= 15 is 0 Å². The van der Waals surface area contributed by atoms with Gasteiger partial charge in [-0.2, -0.15) is 0 Å². The van der Waals surface area contributed by atoms with Crippen LogP contribution in [0.25, 0.3) is 0 Å². The molecular formula is C15H15N3O4S. The van der Waals surface area contributed by atoms with E-state index in [-0.39, 0.29) is 17.1 Å². The maximum Gasteiger partial charge on any atom is 0.316 e. The zero-order valence-electron chi connectivity index (χ0n) is 12.0. The Morgan fingerprint density at radius 3 is 2.09 bits per heavy atom. The van der Waals surface area contributed by atoms with Gasteiger partial charge in [-0.1, -0.05) is 42.5 Å². The molecule has 0 atom stereocenters. The van der Waals surface area contributed by atoms with Crippen molar-refractivity contribution >= 4 is 27.5 Å². The predicted octanol–water partition coefficient (Wildman–Crippen LogP) is 0.352. The highest BCUT2D eigenvalue weighted by Crippen LogP contribution is 2.25. The highest BCUT2D eigenvalue weighted by atomic mass is 32.2. The Morgan fingerprint density at radius 2 is 1.52 bits per heavy atom. The maximum absolute atomic E-state index is 12.1. The van der Waals surface area contributed by atoms with Gasteiger partial charge in [0.05, 0.1) is 12.2 Å². The van der Waals surface area contributed by atoms with Gasteiger partial charge in [-0.3, -0.25) is 14.5 Å². The Bertz CT molecular complexity index is 835. The third kappa shape index (κ3) is 3.93. The molecule has 0 aliphatic heterocycles. The number of hydrogen-bond acceptors (Lipinski definition) is 4. The predicted molar refractivity (Wildman–Crippen MR) is 84.6 cm³/mol. The normalized spacial score (nSPS) is 11.0. The van der Waals surface area contributed by atoms with Crippen LogP contribution in [0, 0.1) is 0 Å². The van der Waals surface area contributed by atoms with Crippen molar-refractivity contribution in [2.24, 2.45) is 10.9 Å². The Kier molecular flexibility index (Phi) is 4.77. The van der Waals surface area contributed by atoms with Gasteiger partial charge in [-0.05, 0) is 17.7 Å². The summed E-state index contributed by atoms with van der Waals surface area (Å²) in [6, 6.07) is 14.4. The fraction of sp³-hybridized carbons (Fsp3) is 0.0667. The van der Waals surface area contributed by atoms with Crippen LogP contribution in [0.2, 0.25) is 0 Å². The number of hydrogen-bond donors (Lipinski definition) is 2. The molecule has 2 amide bonds. The second-order valence-electron chi connectivity index (χ2n) is 4.75. The molecule has 0 saturated heterocycles. The molecule has 0 unspecified atom stereocenters. The van der Waals surface area contributed by atoms with E-state index in [0.717, 1.165) is 4.90 Å². The van der Waals surface area contributed by atoms with Gasteiger partial charge in [0, 0.05) is 0 Å². The van der Waals surface area contributed by atoms with Crippen molar-refractivity contribution in [2.45, 2.75) is 11.4 Å². The van der Waals surface area contributed by atoms with Crippen LogP contribution in [0.4, 0.5) is 5.69 Å². The first-order valence-corrected chi connectivity index (χ1v) is 8.12. The first-order chi connectivity index (χ1) is 10.8. The van der Waals surface area contributed by atoms with Crippen LogP contribution in [0.15, 0.2) is 59.5 Å². The Hall–Kier alpha value is -2.71. The fourth-order valence-electron chi connectivity index (χ4n) is 2.09. The van der Waals surface area contributed by atoms with Crippen molar-refractivity contribution in [3.05, 3.63) is 60.2 Å². The van der Waals surface area contributed by atoms with E-state index in [0.29, 0.717) is 5.56 Å². The molecule has 2 aromatic carbocycles. The Morgan fingerprint density at radius 1 is 0.957 bits per heavy atom. The van der Waals surface area contributed by atoms with Gasteiger partial charge in [-0.15, -0.1) is 0 Å². The SMILES string of the molecule is NC(=O)C(=O)N(Cc1ccccc1)c1ccccc1S(N)(=O)=O. The molecule has 0 aliphatic carbocycles. The lowest BCUT2D eigenvalue weighted by atomic mass is 10.2. The lowest BCUT2D eigenvalue weighted by molar-refractivity contribution is -0.135. The molecule has 0 aromatic heterocycles. The van der Waals surface area contributed by atoms with Gasteiger partial charge in [0.15, 0.2) is 0 Å². The molecule has 0 heterocycles. The van der Waals surface area contributed by atoms with Crippen molar-refractivity contribution < 1.29 is 18.0 Å². The molecule has 7 nitrogen and oxygen atoms in total. The molecule has 23 heavy (non-hydrogen) atoms. The first-order valence-electron chi connectivity index (χ1n) is 6.58. The molecule has 0 saturated carbocycles. The van der Waals surface area contributed by atoms with Gasteiger partial charge in [0.25, 0.3) is 0 Å². The topological polar surface area (TPSA) is 124 Å². The number of sulfonamides is 1. The number of nitrogens with two attached hydrogens (primary N) is 2. The van der Waals surface area contributed by atoms with Crippen LogP contribution < -0.4 is 15.8 Å². The summed E-state index contributed by atoms with van der Waals surface area (Å²) in [5.74, 6) is -2.21. The number of carbonyl (C=O) groups excluding carboxylic acids is 2. The number of carbonyl (C=O) groups is 2. The Labute approximate surface area is 133 Å². The number of primary sulfonamides is 1. The minimum Gasteiger partial charge on any atom is -0.361 e. The number of primary amides is 1. The molecular weight excluding hydrogens is 318 g/mol. The van der Waals surface area contributed by atoms with E-state index in [1.807, 2.05) is 0 Å². The summed E-state index contributed by atoms with van der Waals surface area (Å²) in [6.45, 7) is -0.0187. The number of nitrogens with zero attached hydrogens (tertiary/aromatic N) is 1. The smallest absolute Gasteiger partial charge is 0.316 e. The second kappa shape index (κ2) is 6.59.